The first-order valence-corrected chi connectivity index (χ1v) is 6.87. The lowest BCUT2D eigenvalue weighted by molar-refractivity contribution is 0.417. The maximum Gasteiger partial charge on any atom is 0.299 e. The fraction of sp³-hybridized carbons (Fsp3) is 0.333. The van der Waals surface area contributed by atoms with Crippen molar-refractivity contribution in [2.45, 2.75) is 6.92 Å². The Morgan fingerprint density at radius 3 is 2.69 bits per heavy atom. The lowest BCUT2D eigenvalue weighted by atomic mass is 10.3. The van der Waals surface area contributed by atoms with Gasteiger partial charge < -0.3 is 4.74 Å². The van der Waals surface area contributed by atoms with Gasteiger partial charge in [0.15, 0.2) is 0 Å². The van der Waals surface area contributed by atoms with E-state index in [2.05, 4.69) is 25.4 Å². The van der Waals surface area contributed by atoms with E-state index in [9.17, 15) is 8.42 Å². The molecule has 0 aliphatic rings. The molecule has 0 aliphatic carbocycles. The lowest BCUT2D eigenvalue weighted by Gasteiger charge is -2.11. The molecule has 1 rings (SSSR count). The van der Waals surface area contributed by atoms with Crippen molar-refractivity contribution in [2.75, 3.05) is 18.4 Å². The Bertz CT molecular complexity index is 462. The van der Waals surface area contributed by atoms with Crippen molar-refractivity contribution in [2.24, 2.45) is 0 Å². The van der Waals surface area contributed by atoms with Crippen LogP contribution in [-0.2, 0) is 10.2 Å². The molecule has 90 valence electrons. The van der Waals surface area contributed by atoms with Gasteiger partial charge in [-0.05, 0) is 18.2 Å². The van der Waals surface area contributed by atoms with Crippen molar-refractivity contribution in [3.8, 4) is 5.75 Å². The highest BCUT2D eigenvalue weighted by Gasteiger charge is 2.11. The first-order valence-electron chi connectivity index (χ1n) is 4.59. The Morgan fingerprint density at radius 1 is 1.44 bits per heavy atom. The van der Waals surface area contributed by atoms with Gasteiger partial charge in [0.2, 0.25) is 0 Å². The molecule has 0 bridgehead atoms. The Morgan fingerprint density at radius 2 is 2.12 bits per heavy atom. The van der Waals surface area contributed by atoms with Crippen LogP contribution in [0.15, 0.2) is 22.7 Å². The summed E-state index contributed by atoms with van der Waals surface area (Å²) in [5.74, 6) is 0.463. The van der Waals surface area contributed by atoms with Crippen molar-refractivity contribution in [3.05, 3.63) is 22.7 Å². The number of benzene rings is 1. The molecular formula is C9H13BrN2O3S. The minimum atomic E-state index is -3.53. The molecule has 0 spiro atoms. The molecule has 0 amide bonds. The van der Waals surface area contributed by atoms with E-state index in [-0.39, 0.29) is 0 Å². The van der Waals surface area contributed by atoms with Gasteiger partial charge >= 0.3 is 0 Å². The molecule has 0 heterocycles. The second-order valence-corrected chi connectivity index (χ2v) is 5.36. The van der Waals surface area contributed by atoms with E-state index in [1.165, 1.54) is 7.11 Å². The molecule has 0 fully saturated rings. The minimum absolute atomic E-state index is 0.325. The quantitative estimate of drug-likeness (QED) is 0.870. The van der Waals surface area contributed by atoms with Gasteiger partial charge in [-0.3, -0.25) is 4.72 Å². The maximum atomic E-state index is 11.5. The van der Waals surface area contributed by atoms with Crippen molar-refractivity contribution >= 4 is 31.8 Å². The van der Waals surface area contributed by atoms with Crippen molar-refractivity contribution < 1.29 is 13.2 Å². The molecule has 0 atom stereocenters. The van der Waals surface area contributed by atoms with Crippen LogP contribution in [-0.4, -0.2) is 22.1 Å². The number of anilines is 1. The van der Waals surface area contributed by atoms with Crippen LogP contribution in [0.4, 0.5) is 5.69 Å². The number of halogens is 1. The number of rotatable bonds is 5. The SMILES string of the molecule is CCNS(=O)(=O)Nc1cc(Br)ccc1OC. The average molecular weight is 309 g/mol. The van der Waals surface area contributed by atoms with Crippen LogP contribution < -0.4 is 14.2 Å². The lowest BCUT2D eigenvalue weighted by Crippen LogP contribution is -2.29. The van der Waals surface area contributed by atoms with Gasteiger partial charge in [-0.15, -0.1) is 0 Å². The summed E-state index contributed by atoms with van der Waals surface area (Å²) in [6, 6.07) is 5.07. The molecule has 0 saturated carbocycles. The molecule has 0 radical (unpaired) electrons. The van der Waals surface area contributed by atoms with Crippen LogP contribution in [0.5, 0.6) is 5.75 Å². The Kier molecular flexibility index (Phi) is 4.57. The number of hydrogen-bond donors (Lipinski definition) is 2. The van der Waals surface area contributed by atoms with E-state index in [0.29, 0.717) is 18.0 Å². The Balaban J connectivity index is 3.00. The number of nitrogens with one attached hydrogen (secondary N) is 2. The molecule has 0 unspecified atom stereocenters. The largest absolute Gasteiger partial charge is 0.495 e. The topological polar surface area (TPSA) is 67.4 Å². The molecule has 5 nitrogen and oxygen atoms in total. The standard InChI is InChI=1S/C9H13BrN2O3S/c1-3-11-16(13,14)12-8-6-7(10)4-5-9(8)15-2/h4-6,11-12H,3H2,1-2H3. The third-order valence-electron chi connectivity index (χ3n) is 1.74. The molecule has 7 heteroatoms. The normalized spacial score (nSPS) is 11.2. The fourth-order valence-corrected chi connectivity index (χ4v) is 2.39. The average Bonchev–Trinajstić information content (AvgIpc) is 2.17. The van der Waals surface area contributed by atoms with E-state index in [1.807, 2.05) is 0 Å². The Labute approximate surface area is 104 Å². The van der Waals surface area contributed by atoms with Crippen molar-refractivity contribution in [1.29, 1.82) is 0 Å². The van der Waals surface area contributed by atoms with Gasteiger partial charge in [0.05, 0.1) is 12.8 Å². The number of ether oxygens (including phenoxy) is 1. The van der Waals surface area contributed by atoms with Gasteiger partial charge in [-0.2, -0.15) is 13.1 Å². The molecule has 16 heavy (non-hydrogen) atoms. The van der Waals surface area contributed by atoms with E-state index in [0.717, 1.165) is 4.47 Å². The van der Waals surface area contributed by atoms with E-state index in [4.69, 9.17) is 4.74 Å². The predicted molar refractivity (Wildman–Crippen MR) is 66.9 cm³/mol. The Hall–Kier alpha value is -0.790. The second-order valence-electron chi connectivity index (χ2n) is 2.95. The number of hydrogen-bond acceptors (Lipinski definition) is 3. The van der Waals surface area contributed by atoms with Crippen molar-refractivity contribution in [3.63, 3.8) is 0 Å². The van der Waals surface area contributed by atoms with Gasteiger partial charge in [-0.1, -0.05) is 22.9 Å². The highest BCUT2D eigenvalue weighted by Crippen LogP contribution is 2.28. The predicted octanol–water partition coefficient (Wildman–Crippen LogP) is 1.72. The summed E-state index contributed by atoms with van der Waals surface area (Å²) in [6.45, 7) is 2.03. The second kappa shape index (κ2) is 5.51. The summed E-state index contributed by atoms with van der Waals surface area (Å²) in [5.41, 5.74) is 0.387. The molecule has 1 aromatic carbocycles. The van der Waals surface area contributed by atoms with Crippen LogP contribution in [0.25, 0.3) is 0 Å². The summed E-state index contributed by atoms with van der Waals surface area (Å²) in [4.78, 5) is 0. The van der Waals surface area contributed by atoms with Gasteiger partial charge in [0, 0.05) is 11.0 Å². The van der Waals surface area contributed by atoms with Crippen molar-refractivity contribution in [1.82, 2.24) is 4.72 Å². The van der Waals surface area contributed by atoms with Gasteiger partial charge in [0.25, 0.3) is 10.2 Å². The van der Waals surface area contributed by atoms with Crippen LogP contribution in [0.1, 0.15) is 6.92 Å². The zero-order valence-electron chi connectivity index (χ0n) is 8.95. The third-order valence-corrected chi connectivity index (χ3v) is 3.39. The summed E-state index contributed by atoms with van der Waals surface area (Å²) in [6.07, 6.45) is 0. The smallest absolute Gasteiger partial charge is 0.299 e. The van der Waals surface area contributed by atoms with Crippen LogP contribution in [0, 0.1) is 0 Å². The zero-order chi connectivity index (χ0) is 12.2. The highest BCUT2D eigenvalue weighted by molar-refractivity contribution is 9.10. The monoisotopic (exact) mass is 308 g/mol. The highest BCUT2D eigenvalue weighted by atomic mass is 79.9. The summed E-state index contributed by atoms with van der Waals surface area (Å²) in [7, 11) is -2.05. The van der Waals surface area contributed by atoms with Crippen LogP contribution in [0.2, 0.25) is 0 Å². The molecule has 0 saturated heterocycles. The molecule has 0 aromatic heterocycles. The number of methoxy groups -OCH3 is 1. The van der Waals surface area contributed by atoms with Crippen LogP contribution >= 0.6 is 15.9 Å². The third kappa shape index (κ3) is 3.66. The first kappa shape index (κ1) is 13.3. The molecular weight excluding hydrogens is 296 g/mol. The summed E-state index contributed by atoms with van der Waals surface area (Å²) >= 11 is 3.26. The van der Waals surface area contributed by atoms with E-state index < -0.39 is 10.2 Å². The minimum Gasteiger partial charge on any atom is -0.495 e. The summed E-state index contributed by atoms with van der Waals surface area (Å²) < 4.78 is 33.5. The van der Waals surface area contributed by atoms with E-state index in [1.54, 1.807) is 25.1 Å². The zero-order valence-corrected chi connectivity index (χ0v) is 11.4. The summed E-state index contributed by atoms with van der Waals surface area (Å²) in [5, 5.41) is 0. The molecule has 1 aromatic rings. The maximum absolute atomic E-state index is 11.5. The van der Waals surface area contributed by atoms with Gasteiger partial charge in [0.1, 0.15) is 5.75 Å². The molecule has 2 N–H and O–H groups in total. The fourth-order valence-electron chi connectivity index (χ4n) is 1.13. The molecule has 0 aliphatic heterocycles. The van der Waals surface area contributed by atoms with E-state index >= 15 is 0 Å². The van der Waals surface area contributed by atoms with Gasteiger partial charge in [-0.25, -0.2) is 0 Å². The first-order chi connectivity index (χ1) is 7.48. The van der Waals surface area contributed by atoms with Crippen LogP contribution in [0.3, 0.4) is 0 Å².